The van der Waals surface area contributed by atoms with Crippen LogP contribution in [-0.2, 0) is 20.8 Å². The molecule has 144 valence electrons. The van der Waals surface area contributed by atoms with Crippen molar-refractivity contribution in [1.82, 2.24) is 5.32 Å². The Labute approximate surface area is 159 Å². The van der Waals surface area contributed by atoms with Crippen LogP contribution in [0.2, 0.25) is 0 Å². The molecule has 3 aliphatic rings. The van der Waals surface area contributed by atoms with Gasteiger partial charge in [-0.25, -0.2) is 0 Å². The number of hydrogen-bond donors (Lipinski definition) is 1. The Bertz CT molecular complexity index is 787. The molecule has 1 saturated heterocycles. The number of rotatable bonds is 5. The monoisotopic (exact) mass is 369 g/mol. The second-order valence-electron chi connectivity index (χ2n) is 8.05. The van der Waals surface area contributed by atoms with Crippen LogP contribution in [0.5, 0.6) is 0 Å². The van der Waals surface area contributed by atoms with Gasteiger partial charge in [-0.15, -0.1) is 0 Å². The first-order valence-corrected chi connectivity index (χ1v) is 10.0. The lowest BCUT2D eigenvalue weighted by Gasteiger charge is -2.20. The van der Waals surface area contributed by atoms with E-state index in [4.69, 9.17) is 0 Å². The maximum Gasteiger partial charge on any atom is 0.230 e. The molecular weight excluding hydrogens is 342 g/mol. The maximum atomic E-state index is 12.5. The van der Waals surface area contributed by atoms with Crippen molar-refractivity contribution in [3.8, 4) is 0 Å². The van der Waals surface area contributed by atoms with Crippen LogP contribution in [0, 0.1) is 11.8 Å². The van der Waals surface area contributed by atoms with Crippen LogP contribution >= 0.6 is 0 Å². The summed E-state index contributed by atoms with van der Waals surface area (Å²) in [7, 11) is 0. The normalized spacial score (nSPS) is 22.7. The summed E-state index contributed by atoms with van der Waals surface area (Å²) in [4.78, 5) is 40.9. The highest BCUT2D eigenvalue weighted by molar-refractivity contribution is 6.02. The molecule has 2 fully saturated rings. The summed E-state index contributed by atoms with van der Waals surface area (Å²) in [6.07, 6.45) is 3.96. The number of carbonyl (C=O) groups excluding carboxylic acids is 3. The van der Waals surface area contributed by atoms with Gasteiger partial charge >= 0.3 is 0 Å². The van der Waals surface area contributed by atoms with E-state index in [1.165, 1.54) is 0 Å². The van der Waals surface area contributed by atoms with E-state index in [2.05, 4.69) is 5.32 Å². The summed E-state index contributed by atoms with van der Waals surface area (Å²) < 4.78 is 0. The van der Waals surface area contributed by atoms with Gasteiger partial charge in [0.25, 0.3) is 0 Å². The molecule has 2 aliphatic heterocycles. The molecule has 1 aliphatic carbocycles. The fraction of sp³-hybridized carbons (Fsp3) is 0.571. The van der Waals surface area contributed by atoms with E-state index >= 15 is 0 Å². The van der Waals surface area contributed by atoms with Gasteiger partial charge in [0.2, 0.25) is 17.7 Å². The molecule has 3 amide bonds. The topological polar surface area (TPSA) is 69.7 Å². The highest BCUT2D eigenvalue weighted by Crippen LogP contribution is 2.38. The number of fused-ring (bicyclic) bond motifs is 1. The van der Waals surface area contributed by atoms with Crippen molar-refractivity contribution in [2.45, 2.75) is 52.0 Å². The van der Waals surface area contributed by atoms with Gasteiger partial charge in [0, 0.05) is 42.8 Å². The molecule has 1 saturated carbocycles. The van der Waals surface area contributed by atoms with E-state index in [1.54, 1.807) is 4.90 Å². The predicted molar refractivity (Wildman–Crippen MR) is 104 cm³/mol. The molecule has 6 nitrogen and oxygen atoms in total. The minimum Gasteiger partial charge on any atom is -0.353 e. The number of anilines is 2. The predicted octanol–water partition coefficient (Wildman–Crippen LogP) is 2.25. The first-order valence-electron chi connectivity index (χ1n) is 10.0. The first-order chi connectivity index (χ1) is 13.0. The fourth-order valence-corrected chi connectivity index (χ4v) is 3.93. The number of carbonyl (C=O) groups is 3. The summed E-state index contributed by atoms with van der Waals surface area (Å²) in [6, 6.07) is 6.00. The molecule has 0 aromatic heterocycles. The SMILES string of the molecule is CC[C@H](C)NC(=O)[C@@H]1CC(=O)N(c2ccc3c(c2)CCN3C(=O)C2CC2)C1. The van der Waals surface area contributed by atoms with Crippen molar-refractivity contribution in [3.63, 3.8) is 0 Å². The first kappa shape index (κ1) is 18.0. The average molecular weight is 369 g/mol. The fourth-order valence-electron chi connectivity index (χ4n) is 3.93. The van der Waals surface area contributed by atoms with Crippen LogP contribution in [0.15, 0.2) is 18.2 Å². The molecule has 1 N–H and O–H groups in total. The summed E-state index contributed by atoms with van der Waals surface area (Å²) in [5.74, 6) is 0.0968. The van der Waals surface area contributed by atoms with Gasteiger partial charge in [0.05, 0.1) is 5.92 Å². The molecule has 6 heteroatoms. The molecule has 4 rings (SSSR count). The molecule has 27 heavy (non-hydrogen) atoms. The van der Waals surface area contributed by atoms with Gasteiger partial charge in [0.1, 0.15) is 0 Å². The van der Waals surface area contributed by atoms with Crippen LogP contribution in [0.4, 0.5) is 11.4 Å². The second kappa shape index (κ2) is 6.98. The highest BCUT2D eigenvalue weighted by atomic mass is 16.2. The van der Waals surface area contributed by atoms with Gasteiger partial charge in [0.15, 0.2) is 0 Å². The molecule has 0 unspecified atom stereocenters. The minimum absolute atomic E-state index is 0.0110. The summed E-state index contributed by atoms with van der Waals surface area (Å²) in [5.41, 5.74) is 2.92. The Hall–Kier alpha value is -2.37. The van der Waals surface area contributed by atoms with Gasteiger partial charge in [-0.05, 0) is 56.4 Å². The van der Waals surface area contributed by atoms with E-state index in [9.17, 15) is 14.4 Å². The molecule has 1 aromatic rings. The average Bonchev–Trinajstić information content (AvgIpc) is 3.31. The van der Waals surface area contributed by atoms with Crippen molar-refractivity contribution in [1.29, 1.82) is 0 Å². The maximum absolute atomic E-state index is 12.5. The van der Waals surface area contributed by atoms with E-state index < -0.39 is 0 Å². The Morgan fingerprint density at radius 1 is 1.26 bits per heavy atom. The third kappa shape index (κ3) is 3.45. The van der Waals surface area contributed by atoms with Gasteiger partial charge in [-0.1, -0.05) is 6.92 Å². The zero-order valence-corrected chi connectivity index (χ0v) is 16.0. The Morgan fingerprint density at radius 3 is 2.74 bits per heavy atom. The van der Waals surface area contributed by atoms with Crippen LogP contribution < -0.4 is 15.1 Å². The quantitative estimate of drug-likeness (QED) is 0.865. The van der Waals surface area contributed by atoms with Gasteiger partial charge < -0.3 is 15.1 Å². The van der Waals surface area contributed by atoms with Gasteiger partial charge in [-0.3, -0.25) is 14.4 Å². The van der Waals surface area contributed by atoms with Gasteiger partial charge in [-0.2, -0.15) is 0 Å². The number of benzene rings is 1. The zero-order chi connectivity index (χ0) is 19.1. The van der Waals surface area contributed by atoms with Crippen molar-refractivity contribution < 1.29 is 14.4 Å². The van der Waals surface area contributed by atoms with Crippen LogP contribution in [-0.4, -0.2) is 36.9 Å². The third-order valence-electron chi connectivity index (χ3n) is 5.96. The Kier molecular flexibility index (Phi) is 4.66. The van der Waals surface area contributed by atoms with Crippen molar-refractivity contribution in [2.24, 2.45) is 11.8 Å². The van der Waals surface area contributed by atoms with Crippen molar-refractivity contribution >= 4 is 29.1 Å². The molecule has 2 atom stereocenters. The zero-order valence-electron chi connectivity index (χ0n) is 16.0. The standard InChI is InChI=1S/C21H27N3O3/c1-3-13(2)22-20(26)16-11-19(25)24(12-16)17-6-7-18-15(10-17)8-9-23(18)21(27)14-4-5-14/h6-7,10,13-14,16H,3-5,8-9,11-12H2,1-2H3,(H,22,26)/t13-,16+/m0/s1. The molecule has 0 bridgehead atoms. The Morgan fingerprint density at radius 2 is 2.04 bits per heavy atom. The number of nitrogens with one attached hydrogen (secondary N) is 1. The summed E-state index contributed by atoms with van der Waals surface area (Å²) >= 11 is 0. The lowest BCUT2D eigenvalue weighted by molar-refractivity contribution is -0.126. The minimum atomic E-state index is -0.298. The lowest BCUT2D eigenvalue weighted by Crippen LogP contribution is -2.38. The van der Waals surface area contributed by atoms with Crippen LogP contribution in [0.1, 0.15) is 45.1 Å². The molecular formula is C21H27N3O3. The Balaban J connectivity index is 1.47. The van der Waals surface area contributed by atoms with E-state index in [0.717, 1.165) is 49.2 Å². The van der Waals surface area contributed by atoms with E-state index in [-0.39, 0.29) is 42.0 Å². The van der Waals surface area contributed by atoms with Crippen LogP contribution in [0.3, 0.4) is 0 Å². The van der Waals surface area contributed by atoms with E-state index in [0.29, 0.717) is 6.54 Å². The highest BCUT2D eigenvalue weighted by Gasteiger charge is 2.38. The molecule has 0 spiro atoms. The van der Waals surface area contributed by atoms with Crippen molar-refractivity contribution in [3.05, 3.63) is 23.8 Å². The number of nitrogens with zero attached hydrogens (tertiary/aromatic N) is 2. The van der Waals surface area contributed by atoms with Crippen molar-refractivity contribution in [2.75, 3.05) is 22.9 Å². The smallest absolute Gasteiger partial charge is 0.230 e. The van der Waals surface area contributed by atoms with E-state index in [1.807, 2.05) is 36.9 Å². The third-order valence-corrected chi connectivity index (χ3v) is 5.96. The summed E-state index contributed by atoms with van der Waals surface area (Å²) in [5, 5.41) is 2.98. The van der Waals surface area contributed by atoms with Crippen LogP contribution in [0.25, 0.3) is 0 Å². The molecule has 2 heterocycles. The lowest BCUT2D eigenvalue weighted by atomic mass is 10.1. The largest absolute Gasteiger partial charge is 0.353 e. The number of amides is 3. The number of hydrogen-bond acceptors (Lipinski definition) is 3. The summed E-state index contributed by atoms with van der Waals surface area (Å²) in [6.45, 7) is 5.15. The molecule has 1 aromatic carbocycles. The molecule has 0 radical (unpaired) electrons. The second-order valence-corrected chi connectivity index (χ2v) is 8.05.